The van der Waals surface area contributed by atoms with E-state index < -0.39 is 0 Å². The van der Waals surface area contributed by atoms with E-state index in [0.717, 1.165) is 17.0 Å². The molecular formula is C13H15N3O2S. The van der Waals surface area contributed by atoms with Gasteiger partial charge in [-0.2, -0.15) is 0 Å². The van der Waals surface area contributed by atoms with Gasteiger partial charge in [-0.1, -0.05) is 5.16 Å². The molecule has 0 atom stereocenters. The summed E-state index contributed by atoms with van der Waals surface area (Å²) >= 11 is 1.50. The number of amides is 1. The molecule has 0 spiro atoms. The van der Waals surface area contributed by atoms with Crippen LogP contribution >= 0.6 is 11.8 Å². The van der Waals surface area contributed by atoms with Gasteiger partial charge in [0, 0.05) is 24.6 Å². The van der Waals surface area contributed by atoms with Crippen molar-refractivity contribution < 1.29 is 9.32 Å². The Bertz CT molecular complexity index is 576. The van der Waals surface area contributed by atoms with Gasteiger partial charge < -0.3 is 9.84 Å². The monoisotopic (exact) mass is 277 g/mol. The van der Waals surface area contributed by atoms with Crippen LogP contribution in [0.5, 0.6) is 0 Å². The van der Waals surface area contributed by atoms with Crippen LogP contribution in [0.15, 0.2) is 27.9 Å². The second kappa shape index (κ2) is 5.88. The molecule has 0 fully saturated rings. The van der Waals surface area contributed by atoms with Crippen LogP contribution in [-0.4, -0.2) is 23.1 Å². The van der Waals surface area contributed by atoms with Crippen molar-refractivity contribution in [2.24, 2.45) is 0 Å². The van der Waals surface area contributed by atoms with Gasteiger partial charge >= 0.3 is 0 Å². The van der Waals surface area contributed by atoms with Crippen LogP contribution in [0.25, 0.3) is 0 Å². The Labute approximate surface area is 115 Å². The fraction of sp³-hybridized carbons (Fsp3) is 0.308. The van der Waals surface area contributed by atoms with Gasteiger partial charge in [-0.3, -0.25) is 4.79 Å². The summed E-state index contributed by atoms with van der Waals surface area (Å²) in [4.78, 5) is 16.0. The number of carbonyl (C=O) groups is 1. The summed E-state index contributed by atoms with van der Waals surface area (Å²) < 4.78 is 5.12. The van der Waals surface area contributed by atoms with Gasteiger partial charge in [-0.05, 0) is 26.0 Å². The second-order valence-corrected chi connectivity index (χ2v) is 4.99. The molecular weight excluding hydrogens is 262 g/mol. The summed E-state index contributed by atoms with van der Waals surface area (Å²) in [5, 5.41) is 7.24. The average molecular weight is 277 g/mol. The first kappa shape index (κ1) is 13.6. The third-order valence-electron chi connectivity index (χ3n) is 2.78. The van der Waals surface area contributed by atoms with Gasteiger partial charge in [0.05, 0.1) is 11.3 Å². The largest absolute Gasteiger partial charge is 0.361 e. The summed E-state index contributed by atoms with van der Waals surface area (Å²) in [5.41, 5.74) is 2.52. The Kier molecular flexibility index (Phi) is 4.21. The highest BCUT2D eigenvalue weighted by Gasteiger charge is 2.14. The predicted molar refractivity (Wildman–Crippen MR) is 73.2 cm³/mol. The quantitative estimate of drug-likeness (QED) is 0.869. The van der Waals surface area contributed by atoms with Crippen molar-refractivity contribution >= 4 is 17.7 Å². The highest BCUT2D eigenvalue weighted by molar-refractivity contribution is 7.98. The van der Waals surface area contributed by atoms with Gasteiger partial charge in [0.2, 0.25) is 0 Å². The van der Waals surface area contributed by atoms with Crippen molar-refractivity contribution in [3.05, 3.63) is 40.9 Å². The number of nitrogens with one attached hydrogen (secondary N) is 1. The van der Waals surface area contributed by atoms with E-state index in [1.165, 1.54) is 11.8 Å². The molecule has 1 N–H and O–H groups in total. The molecule has 2 aromatic rings. The molecule has 0 aliphatic carbocycles. The number of hydrogen-bond acceptors (Lipinski definition) is 5. The lowest BCUT2D eigenvalue weighted by Gasteiger charge is -2.06. The average Bonchev–Trinajstić information content (AvgIpc) is 2.75. The zero-order valence-electron chi connectivity index (χ0n) is 11.1. The van der Waals surface area contributed by atoms with E-state index in [2.05, 4.69) is 15.5 Å². The molecule has 6 heteroatoms. The summed E-state index contributed by atoms with van der Waals surface area (Å²) in [7, 11) is 1.61. The number of pyridine rings is 1. The molecule has 0 aromatic carbocycles. The normalized spacial score (nSPS) is 10.5. The molecule has 0 bridgehead atoms. The molecule has 0 saturated carbocycles. The molecule has 2 rings (SSSR count). The molecule has 100 valence electrons. The van der Waals surface area contributed by atoms with Crippen LogP contribution < -0.4 is 5.32 Å². The molecule has 1 amide bonds. The minimum Gasteiger partial charge on any atom is -0.361 e. The zero-order valence-corrected chi connectivity index (χ0v) is 11.9. The third-order valence-corrected chi connectivity index (χ3v) is 3.81. The molecule has 0 saturated heterocycles. The van der Waals surface area contributed by atoms with Gasteiger partial charge in [0.1, 0.15) is 10.8 Å². The number of carbonyl (C=O) groups excluding carboxylic acids is 1. The van der Waals surface area contributed by atoms with Crippen LogP contribution in [0.3, 0.4) is 0 Å². The molecule has 2 heterocycles. The minimum absolute atomic E-state index is 0.130. The minimum atomic E-state index is -0.130. The molecule has 0 aliphatic rings. The number of thioether (sulfide) groups is 1. The number of aryl methyl sites for hydroxylation is 2. The highest BCUT2D eigenvalue weighted by atomic mass is 32.2. The van der Waals surface area contributed by atoms with E-state index in [0.29, 0.717) is 16.3 Å². The van der Waals surface area contributed by atoms with Gasteiger partial charge in [0.15, 0.2) is 0 Å². The Balaban J connectivity index is 2.18. The molecule has 0 aliphatic heterocycles. The van der Waals surface area contributed by atoms with Crippen LogP contribution in [0.1, 0.15) is 27.4 Å². The summed E-state index contributed by atoms with van der Waals surface area (Å²) in [6.07, 6.45) is 1.68. The Hall–Kier alpha value is -1.82. The van der Waals surface area contributed by atoms with Crippen molar-refractivity contribution in [3.63, 3.8) is 0 Å². The van der Waals surface area contributed by atoms with E-state index in [1.807, 2.05) is 13.8 Å². The molecule has 0 unspecified atom stereocenters. The van der Waals surface area contributed by atoms with Crippen molar-refractivity contribution in [3.8, 4) is 0 Å². The van der Waals surface area contributed by atoms with E-state index in [9.17, 15) is 4.79 Å². The lowest BCUT2D eigenvalue weighted by atomic mass is 10.2. The van der Waals surface area contributed by atoms with Crippen LogP contribution in [0.2, 0.25) is 0 Å². The lowest BCUT2D eigenvalue weighted by Crippen LogP contribution is -2.18. The number of aromatic nitrogens is 2. The summed E-state index contributed by atoms with van der Waals surface area (Å²) in [5.74, 6) is 1.36. The SMILES string of the molecule is CNC(=O)c1cccnc1SCc1c(C)noc1C. The zero-order chi connectivity index (χ0) is 13.8. The predicted octanol–water partition coefficient (Wildman–Crippen LogP) is 2.34. The van der Waals surface area contributed by atoms with Crippen molar-refractivity contribution in [2.45, 2.75) is 24.6 Å². The van der Waals surface area contributed by atoms with Gasteiger partial charge in [0.25, 0.3) is 5.91 Å². The first-order valence-electron chi connectivity index (χ1n) is 5.85. The van der Waals surface area contributed by atoms with Crippen molar-refractivity contribution in [1.29, 1.82) is 0 Å². The van der Waals surface area contributed by atoms with Crippen molar-refractivity contribution in [1.82, 2.24) is 15.5 Å². The van der Waals surface area contributed by atoms with Crippen LogP contribution in [-0.2, 0) is 5.75 Å². The topological polar surface area (TPSA) is 68.0 Å². The van der Waals surface area contributed by atoms with Crippen molar-refractivity contribution in [2.75, 3.05) is 7.05 Å². The number of hydrogen-bond donors (Lipinski definition) is 1. The third kappa shape index (κ3) is 2.96. The first-order chi connectivity index (χ1) is 9.13. The van der Waals surface area contributed by atoms with E-state index >= 15 is 0 Å². The molecule has 0 radical (unpaired) electrons. The van der Waals surface area contributed by atoms with Gasteiger partial charge in [-0.25, -0.2) is 4.98 Å². The van der Waals surface area contributed by atoms with Gasteiger partial charge in [-0.15, -0.1) is 11.8 Å². The van der Waals surface area contributed by atoms with E-state index in [-0.39, 0.29) is 5.91 Å². The summed E-state index contributed by atoms with van der Waals surface area (Å²) in [6, 6.07) is 3.52. The second-order valence-electron chi connectivity index (χ2n) is 4.03. The maximum absolute atomic E-state index is 11.7. The maximum atomic E-state index is 11.7. The smallest absolute Gasteiger partial charge is 0.253 e. The Morgan fingerprint density at radius 2 is 2.26 bits per heavy atom. The molecule has 2 aromatic heterocycles. The van der Waals surface area contributed by atoms with E-state index in [4.69, 9.17) is 4.52 Å². The van der Waals surface area contributed by atoms with E-state index in [1.54, 1.807) is 25.4 Å². The van der Waals surface area contributed by atoms with Crippen LogP contribution in [0, 0.1) is 13.8 Å². The first-order valence-corrected chi connectivity index (χ1v) is 6.83. The standard InChI is InChI=1S/C13H15N3O2S/c1-8-11(9(2)18-16-8)7-19-13-10(12(17)14-3)5-4-6-15-13/h4-6H,7H2,1-3H3,(H,14,17). The number of nitrogens with zero attached hydrogens (tertiary/aromatic N) is 2. The Morgan fingerprint density at radius 3 is 2.89 bits per heavy atom. The Morgan fingerprint density at radius 1 is 1.47 bits per heavy atom. The fourth-order valence-corrected chi connectivity index (χ4v) is 2.81. The van der Waals surface area contributed by atoms with Crippen LogP contribution in [0.4, 0.5) is 0 Å². The molecule has 5 nitrogen and oxygen atoms in total. The maximum Gasteiger partial charge on any atom is 0.253 e. The molecule has 19 heavy (non-hydrogen) atoms. The highest BCUT2D eigenvalue weighted by Crippen LogP contribution is 2.26. The summed E-state index contributed by atoms with van der Waals surface area (Å²) in [6.45, 7) is 3.79. The fourth-order valence-electron chi connectivity index (χ4n) is 1.66. The number of rotatable bonds is 4. The lowest BCUT2D eigenvalue weighted by molar-refractivity contribution is 0.0959.